The van der Waals surface area contributed by atoms with Crippen LogP contribution in [0.3, 0.4) is 0 Å². The van der Waals surface area contributed by atoms with E-state index in [4.69, 9.17) is 27.4 Å². The van der Waals surface area contributed by atoms with Crippen LogP contribution in [0.15, 0.2) is 42.6 Å². The van der Waals surface area contributed by atoms with Crippen molar-refractivity contribution in [2.75, 3.05) is 12.4 Å². The Bertz CT molecular complexity index is 1240. The number of pyridine rings is 1. The molecule has 0 unspecified atom stereocenters. The van der Waals surface area contributed by atoms with Crippen LogP contribution in [-0.2, 0) is 0 Å². The zero-order valence-electron chi connectivity index (χ0n) is 18.4. The Labute approximate surface area is 197 Å². The Kier molecular flexibility index (Phi) is 5.76. The molecule has 2 aromatic carbocycles. The van der Waals surface area contributed by atoms with Gasteiger partial charge in [0.25, 0.3) is 5.91 Å². The molecule has 1 heterocycles. The fourth-order valence-electron chi connectivity index (χ4n) is 4.07. The highest BCUT2D eigenvalue weighted by Crippen LogP contribution is 2.45. The third-order valence-corrected chi connectivity index (χ3v) is 6.46. The number of carbonyl (C=O) groups is 1. The fraction of sp³-hybridized carbons (Fsp3) is 0.320. The normalized spacial score (nSPS) is 15.5. The lowest BCUT2D eigenvalue weighted by atomic mass is 9.93. The number of hydrogen-bond donors (Lipinski definition) is 3. The van der Waals surface area contributed by atoms with Gasteiger partial charge < -0.3 is 25.8 Å². The van der Waals surface area contributed by atoms with E-state index in [1.54, 1.807) is 24.4 Å². The summed E-state index contributed by atoms with van der Waals surface area (Å²) in [7, 11) is 1.50. The van der Waals surface area contributed by atoms with E-state index in [0.29, 0.717) is 45.2 Å². The summed E-state index contributed by atoms with van der Waals surface area (Å²) in [5.41, 5.74) is 8.69. The Morgan fingerprint density at radius 3 is 2.61 bits per heavy atom. The molecule has 0 aliphatic heterocycles. The lowest BCUT2D eigenvalue weighted by Crippen LogP contribution is -2.41. The van der Waals surface area contributed by atoms with E-state index >= 15 is 0 Å². The number of nitrogens with one attached hydrogen (secondary N) is 2. The van der Waals surface area contributed by atoms with Crippen molar-refractivity contribution in [3.8, 4) is 17.2 Å². The van der Waals surface area contributed by atoms with Gasteiger partial charge in [-0.1, -0.05) is 0 Å². The van der Waals surface area contributed by atoms with Crippen LogP contribution in [0, 0.1) is 0 Å². The van der Waals surface area contributed by atoms with E-state index in [2.05, 4.69) is 21.7 Å². The van der Waals surface area contributed by atoms with Crippen LogP contribution in [0.25, 0.3) is 10.9 Å². The minimum absolute atomic E-state index is 0.286. The number of thiocarbonyl (C=S) groups is 1. The molecule has 0 spiro atoms. The number of carbonyl (C=O) groups excluding carboxylic acids is 1. The minimum Gasteiger partial charge on any atom is -0.496 e. The zero-order valence-corrected chi connectivity index (χ0v) is 19.2. The summed E-state index contributed by atoms with van der Waals surface area (Å²) in [6.45, 7) is 0. The first-order valence-electron chi connectivity index (χ1n) is 11.2. The van der Waals surface area contributed by atoms with Crippen LogP contribution in [-0.4, -0.2) is 29.2 Å². The number of primary amides is 1. The number of methoxy groups -OCH3 is 1. The molecule has 0 atom stereocenters. The molecule has 7 nitrogen and oxygen atoms in total. The molecule has 8 heteroatoms. The lowest BCUT2D eigenvalue weighted by Gasteiger charge is -2.28. The summed E-state index contributed by atoms with van der Waals surface area (Å²) in [6.07, 6.45) is 7.59. The predicted octanol–water partition coefficient (Wildman–Crippen LogP) is 4.85. The highest BCUT2D eigenvalue weighted by atomic mass is 32.1. The van der Waals surface area contributed by atoms with Gasteiger partial charge in [-0.2, -0.15) is 0 Å². The second kappa shape index (κ2) is 8.86. The standard InChI is InChI=1S/C25H26N4O3S/c1-31-23-13-21-18(12-19(23)24(26)30)22(9-10-27-21)32-16-7-8-20(17(11-16)14-5-6-14)29-25(33)28-15-3-2-4-15/h7-15H,2-6H2,1H3,(H2,26,30)(H2,28,29,33). The molecule has 5 rings (SSSR count). The second-order valence-electron chi connectivity index (χ2n) is 8.59. The molecule has 170 valence electrons. The van der Waals surface area contributed by atoms with Crippen LogP contribution < -0.4 is 25.8 Å². The number of hydrogen-bond acceptors (Lipinski definition) is 5. The van der Waals surface area contributed by atoms with Crippen LogP contribution in [0.4, 0.5) is 5.69 Å². The largest absolute Gasteiger partial charge is 0.496 e. The Balaban J connectivity index is 1.43. The highest BCUT2D eigenvalue weighted by molar-refractivity contribution is 7.80. The molecular formula is C25H26N4O3S. The molecule has 4 N–H and O–H groups in total. The Morgan fingerprint density at radius 2 is 1.94 bits per heavy atom. The van der Waals surface area contributed by atoms with Crippen LogP contribution in [0.5, 0.6) is 17.2 Å². The Morgan fingerprint density at radius 1 is 1.12 bits per heavy atom. The van der Waals surface area contributed by atoms with E-state index in [1.165, 1.54) is 31.9 Å². The maximum Gasteiger partial charge on any atom is 0.252 e. The molecule has 0 bridgehead atoms. The summed E-state index contributed by atoms with van der Waals surface area (Å²) in [5, 5.41) is 8.12. The van der Waals surface area contributed by atoms with Gasteiger partial charge in [0, 0.05) is 29.4 Å². The number of aromatic nitrogens is 1. The number of nitrogens with zero attached hydrogens (tertiary/aromatic N) is 1. The van der Waals surface area contributed by atoms with Gasteiger partial charge in [0.1, 0.15) is 17.2 Å². The second-order valence-corrected chi connectivity index (χ2v) is 9.00. The van der Waals surface area contributed by atoms with Gasteiger partial charge in [0.15, 0.2) is 5.11 Å². The van der Waals surface area contributed by atoms with Gasteiger partial charge in [-0.3, -0.25) is 9.78 Å². The number of ether oxygens (including phenoxy) is 2. The van der Waals surface area contributed by atoms with E-state index in [-0.39, 0.29) is 5.56 Å². The summed E-state index contributed by atoms with van der Waals surface area (Å²) in [4.78, 5) is 16.3. The molecule has 3 aromatic rings. The van der Waals surface area contributed by atoms with E-state index < -0.39 is 5.91 Å². The molecule has 0 saturated heterocycles. The number of anilines is 1. The SMILES string of the molecule is COc1cc2nccc(Oc3ccc(NC(=S)NC4CCC4)c(C4CC4)c3)c2cc1C(N)=O. The third kappa shape index (κ3) is 4.57. The van der Waals surface area contributed by atoms with E-state index in [9.17, 15) is 4.79 Å². The summed E-state index contributed by atoms with van der Waals surface area (Å²) >= 11 is 5.51. The maximum absolute atomic E-state index is 11.9. The van der Waals surface area contributed by atoms with Crippen molar-refractivity contribution in [3.63, 3.8) is 0 Å². The molecule has 1 amide bonds. The smallest absolute Gasteiger partial charge is 0.252 e. The summed E-state index contributed by atoms with van der Waals surface area (Å²) < 4.78 is 11.6. The Hall–Kier alpha value is -3.39. The number of rotatable bonds is 7. The number of fused-ring (bicyclic) bond motifs is 1. The van der Waals surface area contributed by atoms with Crippen LogP contribution in [0.2, 0.25) is 0 Å². The van der Waals surface area contributed by atoms with Crippen molar-refractivity contribution in [2.45, 2.75) is 44.1 Å². The van der Waals surface area contributed by atoms with Crippen molar-refractivity contribution in [1.82, 2.24) is 10.3 Å². The van der Waals surface area contributed by atoms with Gasteiger partial charge in [-0.25, -0.2) is 0 Å². The highest BCUT2D eigenvalue weighted by Gasteiger charge is 2.27. The van der Waals surface area contributed by atoms with E-state index in [0.717, 1.165) is 18.5 Å². The van der Waals surface area contributed by atoms with Crippen LogP contribution in [0.1, 0.15) is 53.9 Å². The van der Waals surface area contributed by atoms with Gasteiger partial charge >= 0.3 is 0 Å². The molecular weight excluding hydrogens is 436 g/mol. The molecule has 2 aliphatic carbocycles. The van der Waals surface area contributed by atoms with Crippen LogP contribution >= 0.6 is 12.2 Å². The average Bonchev–Trinajstić information content (AvgIpc) is 3.62. The first-order valence-corrected chi connectivity index (χ1v) is 11.6. The van der Waals surface area contributed by atoms with Crippen molar-refractivity contribution >= 4 is 39.8 Å². The molecule has 0 radical (unpaired) electrons. The average molecular weight is 463 g/mol. The fourth-order valence-corrected chi connectivity index (χ4v) is 4.35. The van der Waals surface area contributed by atoms with Crippen molar-refractivity contribution < 1.29 is 14.3 Å². The predicted molar refractivity (Wildman–Crippen MR) is 132 cm³/mol. The van der Waals surface area contributed by atoms with Gasteiger partial charge in [0.2, 0.25) is 0 Å². The monoisotopic (exact) mass is 462 g/mol. The molecule has 2 aliphatic rings. The molecule has 2 fully saturated rings. The number of benzene rings is 2. The molecule has 2 saturated carbocycles. The van der Waals surface area contributed by atoms with Gasteiger partial charge in [-0.05, 0) is 86.1 Å². The molecule has 1 aromatic heterocycles. The quantitative estimate of drug-likeness (QED) is 0.432. The number of amides is 1. The first kappa shape index (κ1) is 21.5. The summed E-state index contributed by atoms with van der Waals surface area (Å²) in [5.74, 6) is 1.63. The van der Waals surface area contributed by atoms with E-state index in [1.807, 2.05) is 12.1 Å². The van der Waals surface area contributed by atoms with Crippen molar-refractivity contribution in [2.24, 2.45) is 5.73 Å². The molecule has 33 heavy (non-hydrogen) atoms. The van der Waals surface area contributed by atoms with Crippen molar-refractivity contribution in [3.05, 3.63) is 53.7 Å². The topological polar surface area (TPSA) is 98.5 Å². The van der Waals surface area contributed by atoms with Crippen molar-refractivity contribution in [1.29, 1.82) is 0 Å². The minimum atomic E-state index is -0.568. The zero-order chi connectivity index (χ0) is 22.9. The number of nitrogens with two attached hydrogens (primary N) is 1. The van der Waals surface area contributed by atoms with Gasteiger partial charge in [-0.15, -0.1) is 0 Å². The van der Waals surface area contributed by atoms with Gasteiger partial charge in [0.05, 0.1) is 18.2 Å². The maximum atomic E-state index is 11.9. The third-order valence-electron chi connectivity index (χ3n) is 6.24. The lowest BCUT2D eigenvalue weighted by molar-refractivity contribution is 0.0997. The first-order chi connectivity index (χ1) is 16.0. The summed E-state index contributed by atoms with van der Waals surface area (Å²) in [6, 6.07) is 11.6.